The summed E-state index contributed by atoms with van der Waals surface area (Å²) in [7, 11) is 0. The maximum atomic E-state index is 4.62. The van der Waals surface area contributed by atoms with Gasteiger partial charge in [-0.1, -0.05) is 5.21 Å². The Balaban J connectivity index is 1.42. The average molecular weight is 300 g/mol. The van der Waals surface area contributed by atoms with Crippen LogP contribution < -0.4 is 0 Å². The Morgan fingerprint density at radius 2 is 2.14 bits per heavy atom. The van der Waals surface area contributed by atoms with Crippen molar-refractivity contribution in [3.63, 3.8) is 0 Å². The molecule has 4 rings (SSSR count). The minimum Gasteiger partial charge on any atom is -0.346 e. The molecule has 1 saturated carbocycles. The molecule has 1 atom stereocenters. The Bertz CT molecular complexity index is 653. The second-order valence-electron chi connectivity index (χ2n) is 6.80. The first kappa shape index (κ1) is 13.9. The molecule has 2 aliphatic rings. The van der Waals surface area contributed by atoms with E-state index in [0.29, 0.717) is 12.0 Å². The second-order valence-corrected chi connectivity index (χ2v) is 6.80. The van der Waals surface area contributed by atoms with Crippen LogP contribution in [0.2, 0.25) is 0 Å². The maximum absolute atomic E-state index is 4.62. The van der Waals surface area contributed by atoms with Gasteiger partial charge in [-0.2, -0.15) is 0 Å². The van der Waals surface area contributed by atoms with Crippen molar-refractivity contribution in [2.45, 2.75) is 64.6 Å². The number of nitrogens with zero attached hydrogens (tertiary/aromatic N) is 5. The Hall–Kier alpha value is -1.69. The smallest absolute Gasteiger partial charge is 0.103 e. The van der Waals surface area contributed by atoms with Gasteiger partial charge in [0.15, 0.2) is 0 Å². The van der Waals surface area contributed by atoms with E-state index in [0.717, 1.165) is 25.5 Å². The fraction of sp³-hybridized carbons (Fsp3) is 0.688. The lowest BCUT2D eigenvalue weighted by molar-refractivity contribution is 0.215. The van der Waals surface area contributed by atoms with E-state index in [1.807, 2.05) is 11.6 Å². The zero-order valence-electron chi connectivity index (χ0n) is 13.4. The summed E-state index contributed by atoms with van der Waals surface area (Å²) in [5.74, 6) is 1.69. The highest BCUT2D eigenvalue weighted by Crippen LogP contribution is 2.38. The molecular weight excluding hydrogens is 276 g/mol. The summed E-state index contributed by atoms with van der Waals surface area (Å²) in [5, 5.41) is 8.65. The first-order valence-electron chi connectivity index (χ1n) is 8.35. The van der Waals surface area contributed by atoms with E-state index < -0.39 is 0 Å². The highest BCUT2D eigenvalue weighted by molar-refractivity contribution is 5.13. The van der Waals surface area contributed by atoms with Gasteiger partial charge in [-0.3, -0.25) is 9.58 Å². The zero-order valence-corrected chi connectivity index (χ0v) is 13.4. The highest BCUT2D eigenvalue weighted by atomic mass is 15.4. The van der Waals surface area contributed by atoms with E-state index in [1.54, 1.807) is 0 Å². The number of hydrogen-bond donors (Lipinski definition) is 1. The number of aromatic amines is 1. The van der Waals surface area contributed by atoms with Crippen LogP contribution in [0, 0.1) is 13.8 Å². The third-order valence-electron chi connectivity index (χ3n) is 4.91. The molecule has 0 unspecified atom stereocenters. The third-order valence-corrected chi connectivity index (χ3v) is 4.91. The van der Waals surface area contributed by atoms with Crippen LogP contribution in [0.1, 0.15) is 54.5 Å². The fourth-order valence-electron chi connectivity index (χ4n) is 3.50. The summed E-state index contributed by atoms with van der Waals surface area (Å²) < 4.78 is 2.04. The molecule has 0 radical (unpaired) electrons. The van der Waals surface area contributed by atoms with Crippen molar-refractivity contribution in [2.75, 3.05) is 6.54 Å². The largest absolute Gasteiger partial charge is 0.346 e. The lowest BCUT2D eigenvalue weighted by Gasteiger charge is -2.23. The molecule has 6 heteroatoms. The SMILES string of the molecule is Cc1nc(CN2CCC[C@H]2Cn2cc(C3CC3)nn2)c(C)[nH]1. The van der Waals surface area contributed by atoms with Gasteiger partial charge >= 0.3 is 0 Å². The number of imidazole rings is 1. The van der Waals surface area contributed by atoms with Crippen LogP contribution in [0.25, 0.3) is 0 Å². The normalized spacial score (nSPS) is 22.5. The van der Waals surface area contributed by atoms with Crippen molar-refractivity contribution in [3.05, 3.63) is 29.1 Å². The van der Waals surface area contributed by atoms with Crippen LogP contribution >= 0.6 is 0 Å². The molecule has 0 amide bonds. The topological polar surface area (TPSA) is 62.6 Å². The van der Waals surface area contributed by atoms with Gasteiger partial charge in [-0.15, -0.1) is 5.10 Å². The monoisotopic (exact) mass is 300 g/mol. The molecule has 0 spiro atoms. The Kier molecular flexibility index (Phi) is 3.48. The van der Waals surface area contributed by atoms with Crippen LogP contribution in [0.4, 0.5) is 0 Å². The molecule has 0 aromatic carbocycles. The molecule has 2 aromatic rings. The number of hydrogen-bond acceptors (Lipinski definition) is 4. The highest BCUT2D eigenvalue weighted by Gasteiger charge is 2.29. The van der Waals surface area contributed by atoms with Crippen LogP contribution in [0.15, 0.2) is 6.20 Å². The number of likely N-dealkylation sites (tertiary alicyclic amines) is 1. The predicted octanol–water partition coefficient (Wildman–Crippen LogP) is 2.16. The number of aryl methyl sites for hydroxylation is 2. The van der Waals surface area contributed by atoms with Crippen molar-refractivity contribution < 1.29 is 0 Å². The minimum absolute atomic E-state index is 0.546. The molecule has 118 valence electrons. The second kappa shape index (κ2) is 5.50. The van der Waals surface area contributed by atoms with Crippen molar-refractivity contribution in [3.8, 4) is 0 Å². The molecule has 22 heavy (non-hydrogen) atoms. The van der Waals surface area contributed by atoms with Crippen LogP contribution in [-0.4, -0.2) is 42.4 Å². The van der Waals surface area contributed by atoms with Gasteiger partial charge in [0.2, 0.25) is 0 Å². The van der Waals surface area contributed by atoms with E-state index >= 15 is 0 Å². The van der Waals surface area contributed by atoms with Crippen LogP contribution in [0.5, 0.6) is 0 Å². The first-order valence-corrected chi connectivity index (χ1v) is 8.35. The number of aromatic nitrogens is 5. The van der Waals surface area contributed by atoms with E-state index in [2.05, 4.69) is 38.3 Å². The fourth-order valence-corrected chi connectivity index (χ4v) is 3.50. The molecule has 2 aromatic heterocycles. The van der Waals surface area contributed by atoms with Crippen molar-refractivity contribution in [2.24, 2.45) is 0 Å². The quantitative estimate of drug-likeness (QED) is 0.919. The van der Waals surface area contributed by atoms with E-state index in [9.17, 15) is 0 Å². The van der Waals surface area contributed by atoms with Crippen LogP contribution in [-0.2, 0) is 13.1 Å². The number of nitrogens with one attached hydrogen (secondary N) is 1. The van der Waals surface area contributed by atoms with E-state index in [1.165, 1.54) is 42.8 Å². The van der Waals surface area contributed by atoms with Gasteiger partial charge in [0.05, 0.1) is 17.9 Å². The van der Waals surface area contributed by atoms with Crippen molar-refractivity contribution in [1.82, 2.24) is 29.9 Å². The molecular formula is C16H24N6. The molecule has 3 heterocycles. The van der Waals surface area contributed by atoms with Gasteiger partial charge in [-0.25, -0.2) is 4.98 Å². The summed E-state index contributed by atoms with van der Waals surface area (Å²) in [6.45, 7) is 7.17. The lowest BCUT2D eigenvalue weighted by Crippen LogP contribution is -2.33. The summed E-state index contributed by atoms with van der Waals surface area (Å²) in [6.07, 6.45) is 7.22. The molecule has 2 fully saturated rings. The van der Waals surface area contributed by atoms with Gasteiger partial charge < -0.3 is 4.98 Å². The molecule has 6 nitrogen and oxygen atoms in total. The van der Waals surface area contributed by atoms with Gasteiger partial charge in [0, 0.05) is 30.4 Å². The van der Waals surface area contributed by atoms with E-state index in [4.69, 9.17) is 0 Å². The molecule has 1 N–H and O–H groups in total. The van der Waals surface area contributed by atoms with E-state index in [-0.39, 0.29) is 0 Å². The molecule has 1 saturated heterocycles. The maximum Gasteiger partial charge on any atom is 0.103 e. The zero-order chi connectivity index (χ0) is 15.1. The number of H-pyrrole nitrogens is 1. The van der Waals surface area contributed by atoms with Crippen molar-refractivity contribution >= 4 is 0 Å². The summed E-state index contributed by atoms with van der Waals surface area (Å²) in [6, 6.07) is 0.546. The Labute approximate surface area is 130 Å². The van der Waals surface area contributed by atoms with Crippen molar-refractivity contribution in [1.29, 1.82) is 0 Å². The Morgan fingerprint density at radius 1 is 1.27 bits per heavy atom. The lowest BCUT2D eigenvalue weighted by atomic mass is 10.2. The van der Waals surface area contributed by atoms with Gasteiger partial charge in [0.1, 0.15) is 5.82 Å². The Morgan fingerprint density at radius 3 is 2.86 bits per heavy atom. The summed E-state index contributed by atoms with van der Waals surface area (Å²) in [4.78, 5) is 10.5. The third kappa shape index (κ3) is 2.79. The molecule has 1 aliphatic carbocycles. The molecule has 1 aliphatic heterocycles. The van der Waals surface area contributed by atoms with Gasteiger partial charge in [0.25, 0.3) is 0 Å². The average Bonchev–Trinajstić information content (AvgIpc) is 2.93. The minimum atomic E-state index is 0.546. The molecule has 0 bridgehead atoms. The standard InChI is InChI=1S/C16H24N6/c1-11-15(18-12(2)17-11)9-21-7-3-4-14(21)8-22-10-16(19-20-22)13-5-6-13/h10,13-14H,3-9H2,1-2H3,(H,17,18)/t14-/m0/s1. The van der Waals surface area contributed by atoms with Gasteiger partial charge in [-0.05, 0) is 46.1 Å². The summed E-state index contributed by atoms with van der Waals surface area (Å²) in [5.41, 5.74) is 3.56. The summed E-state index contributed by atoms with van der Waals surface area (Å²) >= 11 is 0. The predicted molar refractivity (Wildman–Crippen MR) is 83.5 cm³/mol. The first-order chi connectivity index (χ1) is 10.7. The number of rotatable bonds is 5. The van der Waals surface area contributed by atoms with Crippen LogP contribution in [0.3, 0.4) is 0 Å².